The number of hydrogen-bond acceptors (Lipinski definition) is 1. The summed E-state index contributed by atoms with van der Waals surface area (Å²) in [6.45, 7) is 26.0. The Morgan fingerprint density at radius 3 is 2.30 bits per heavy atom. The number of nitrogens with zero attached hydrogens (tertiary/aromatic N) is 2. The van der Waals surface area contributed by atoms with Crippen molar-refractivity contribution in [3.05, 3.63) is 76.1 Å². The van der Waals surface area contributed by atoms with Crippen molar-refractivity contribution in [1.29, 1.82) is 0 Å². The highest BCUT2D eigenvalue weighted by Gasteiger charge is 2.30. The molecule has 0 unspecified atom stereocenters. The topological polar surface area (TPSA) is 21.4 Å². The molecule has 0 bridgehead atoms. The largest absolute Gasteiger partial charge is 0.456 e. The van der Waals surface area contributed by atoms with Crippen LogP contribution in [0.3, 0.4) is 0 Å². The van der Waals surface area contributed by atoms with Crippen LogP contribution in [-0.2, 0) is 13.5 Å². The second kappa shape index (κ2) is 8.85. The van der Waals surface area contributed by atoms with Crippen molar-refractivity contribution in [2.75, 3.05) is 0 Å². The monoisotopic (exact) mass is 505 g/mol. The molecule has 5 aromatic rings. The van der Waals surface area contributed by atoms with Crippen LogP contribution in [0.4, 0.5) is 5.69 Å². The number of furan rings is 1. The van der Waals surface area contributed by atoms with Gasteiger partial charge in [-0.3, -0.25) is 0 Å². The van der Waals surface area contributed by atoms with Crippen LogP contribution in [0.2, 0.25) is 19.6 Å². The summed E-state index contributed by atoms with van der Waals surface area (Å²) in [5, 5.41) is 5.05. The molecule has 0 saturated heterocycles. The van der Waals surface area contributed by atoms with Crippen LogP contribution >= 0.6 is 0 Å². The minimum Gasteiger partial charge on any atom is -0.456 e. The zero-order valence-electron chi connectivity index (χ0n) is 23.6. The smallest absolute Gasteiger partial charge is 0.216 e. The molecule has 37 heavy (non-hydrogen) atoms. The molecule has 5 rings (SSSR count). The second-order valence-electron chi connectivity index (χ2n) is 12.1. The number of pyridine rings is 1. The summed E-state index contributed by atoms with van der Waals surface area (Å²) in [6, 6.07) is 15.3. The Morgan fingerprint density at radius 1 is 0.919 bits per heavy atom. The van der Waals surface area contributed by atoms with Crippen molar-refractivity contribution >= 4 is 51.8 Å². The lowest BCUT2D eigenvalue weighted by Crippen LogP contribution is -2.43. The van der Waals surface area contributed by atoms with Gasteiger partial charge >= 0.3 is 0 Å². The number of benzene rings is 3. The van der Waals surface area contributed by atoms with E-state index in [-0.39, 0.29) is 0 Å². The second-order valence-corrected chi connectivity index (χ2v) is 17.1. The minimum absolute atomic E-state index is 0.603. The van der Waals surface area contributed by atoms with Gasteiger partial charge in [0.15, 0.2) is 5.69 Å². The number of hydrogen-bond donors (Lipinski definition) is 0. The van der Waals surface area contributed by atoms with Gasteiger partial charge < -0.3 is 4.42 Å². The summed E-state index contributed by atoms with van der Waals surface area (Å²) in [5.74, 6) is 0.624. The maximum absolute atomic E-state index is 7.44. The summed E-state index contributed by atoms with van der Waals surface area (Å²) in [7, 11) is 0.510. The summed E-state index contributed by atoms with van der Waals surface area (Å²) in [4.78, 5) is 3.62. The van der Waals surface area contributed by atoms with Crippen molar-refractivity contribution in [1.82, 2.24) is 0 Å². The molecule has 0 N–H and O–H groups in total. The van der Waals surface area contributed by atoms with Crippen LogP contribution in [0.5, 0.6) is 0 Å². The molecule has 3 nitrogen and oxygen atoms in total. The molecule has 4 heteroatoms. The lowest BCUT2D eigenvalue weighted by atomic mass is 9.94. The molecule has 0 spiro atoms. The standard InChI is InChI=1S/C33H37N2OSi/c1-19(2)13-23-16-27-28(15-21(23)4)35(7)29(18-31(27)37(8,9)10)32-22(5)20(3)14-26-25-12-11-24(34-6)17-30(25)36-33(26)32/h11-12,14-19H,13H2,1-5,7-10H3/q+1. The van der Waals surface area contributed by atoms with Crippen molar-refractivity contribution in [3.63, 3.8) is 0 Å². The molecule has 0 saturated carbocycles. The van der Waals surface area contributed by atoms with E-state index >= 15 is 0 Å². The van der Waals surface area contributed by atoms with E-state index in [1.807, 2.05) is 18.2 Å². The Kier molecular flexibility index (Phi) is 6.04. The first-order valence-corrected chi connectivity index (χ1v) is 16.7. The normalized spacial score (nSPS) is 12.2. The third-order valence-electron chi connectivity index (χ3n) is 7.84. The molecule has 0 aliphatic rings. The molecule has 2 aromatic heterocycles. The third-order valence-corrected chi connectivity index (χ3v) is 9.87. The molecular weight excluding hydrogens is 468 g/mol. The van der Waals surface area contributed by atoms with Gasteiger partial charge in [-0.05, 0) is 78.7 Å². The summed E-state index contributed by atoms with van der Waals surface area (Å²) >= 11 is 0. The molecule has 2 heterocycles. The highest BCUT2D eigenvalue weighted by atomic mass is 28.3. The van der Waals surface area contributed by atoms with E-state index in [9.17, 15) is 0 Å². The molecular formula is C33H37N2OSi+. The first-order valence-electron chi connectivity index (χ1n) is 13.2. The van der Waals surface area contributed by atoms with Gasteiger partial charge in [-0.1, -0.05) is 45.6 Å². The van der Waals surface area contributed by atoms with Gasteiger partial charge in [0.1, 0.15) is 18.2 Å². The zero-order chi connectivity index (χ0) is 26.8. The molecule has 0 amide bonds. The fourth-order valence-electron chi connectivity index (χ4n) is 5.70. The predicted octanol–water partition coefficient (Wildman–Crippen LogP) is 8.45. The maximum Gasteiger partial charge on any atom is 0.216 e. The molecule has 0 aliphatic heterocycles. The van der Waals surface area contributed by atoms with Crippen molar-refractivity contribution < 1.29 is 8.98 Å². The highest BCUT2D eigenvalue weighted by Crippen LogP contribution is 2.40. The van der Waals surface area contributed by atoms with Crippen molar-refractivity contribution in [3.8, 4) is 11.3 Å². The van der Waals surface area contributed by atoms with Crippen LogP contribution in [0.15, 0.2) is 46.9 Å². The average Bonchev–Trinajstić information content (AvgIpc) is 3.17. The first-order chi connectivity index (χ1) is 17.4. The van der Waals surface area contributed by atoms with Crippen LogP contribution in [0.1, 0.15) is 36.1 Å². The van der Waals surface area contributed by atoms with Gasteiger partial charge in [-0.25, -0.2) is 4.85 Å². The number of rotatable bonds is 4. The van der Waals surface area contributed by atoms with Gasteiger partial charge in [-0.15, -0.1) is 0 Å². The Labute approximate surface area is 221 Å². The summed E-state index contributed by atoms with van der Waals surface area (Å²) in [6.07, 6.45) is 1.10. The van der Waals surface area contributed by atoms with Gasteiger partial charge in [0.05, 0.1) is 20.2 Å². The van der Waals surface area contributed by atoms with E-state index in [2.05, 4.69) is 95.0 Å². The van der Waals surface area contributed by atoms with E-state index in [1.54, 1.807) is 0 Å². The number of aromatic nitrogens is 1. The summed E-state index contributed by atoms with van der Waals surface area (Å²) in [5.41, 5.74) is 11.2. The Hall–Kier alpha value is -3.42. The van der Waals surface area contributed by atoms with Crippen LogP contribution in [0.25, 0.3) is 48.9 Å². The van der Waals surface area contributed by atoms with E-state index in [0.29, 0.717) is 11.6 Å². The molecule has 3 aromatic carbocycles. The van der Waals surface area contributed by atoms with E-state index < -0.39 is 8.07 Å². The number of aryl methyl sites for hydroxylation is 3. The lowest BCUT2D eigenvalue weighted by Gasteiger charge is -2.21. The van der Waals surface area contributed by atoms with Crippen molar-refractivity contribution in [2.24, 2.45) is 13.0 Å². The van der Waals surface area contributed by atoms with Crippen molar-refractivity contribution in [2.45, 2.75) is 60.7 Å². The Balaban J connectivity index is 1.92. The molecule has 188 valence electrons. The lowest BCUT2D eigenvalue weighted by molar-refractivity contribution is -0.633. The van der Waals surface area contributed by atoms with E-state index in [1.165, 1.54) is 44.0 Å². The van der Waals surface area contributed by atoms with Gasteiger partial charge in [0.25, 0.3) is 0 Å². The summed E-state index contributed by atoms with van der Waals surface area (Å²) < 4.78 is 8.92. The average molecular weight is 506 g/mol. The SMILES string of the molecule is [C-]#[N+]c1ccc2c(c1)oc1c(-c3cc([Si](C)(C)C)c4cc(CC(C)C)c(C)cc4[n+]3C)c(C)c(C)cc12. The minimum atomic E-state index is -1.69. The van der Waals surface area contributed by atoms with Gasteiger partial charge in [0, 0.05) is 28.3 Å². The van der Waals surface area contributed by atoms with Crippen LogP contribution < -0.4 is 9.75 Å². The van der Waals surface area contributed by atoms with Gasteiger partial charge in [0.2, 0.25) is 11.2 Å². The first kappa shape index (κ1) is 25.2. The van der Waals surface area contributed by atoms with Gasteiger partial charge in [-0.2, -0.15) is 4.57 Å². The molecule has 0 aliphatic carbocycles. The Bertz CT molecular complexity index is 1760. The van der Waals surface area contributed by atoms with E-state index in [0.717, 1.165) is 33.9 Å². The fraction of sp³-hybridized carbons (Fsp3) is 0.333. The maximum atomic E-state index is 7.44. The predicted molar refractivity (Wildman–Crippen MR) is 160 cm³/mol. The molecule has 0 radical (unpaired) electrons. The molecule has 0 fully saturated rings. The molecule has 0 atom stereocenters. The highest BCUT2D eigenvalue weighted by molar-refractivity contribution is 6.90. The van der Waals surface area contributed by atoms with Crippen LogP contribution in [0, 0.1) is 33.3 Å². The van der Waals surface area contributed by atoms with Crippen LogP contribution in [-0.4, -0.2) is 8.07 Å². The zero-order valence-corrected chi connectivity index (χ0v) is 24.6. The Morgan fingerprint density at radius 2 is 1.65 bits per heavy atom. The number of fused-ring (bicyclic) bond motifs is 4. The quantitative estimate of drug-likeness (QED) is 0.136. The third kappa shape index (κ3) is 4.16. The fourth-order valence-corrected chi connectivity index (χ4v) is 7.27. The van der Waals surface area contributed by atoms with E-state index in [4.69, 9.17) is 11.0 Å².